The van der Waals surface area contributed by atoms with E-state index < -0.39 is 11.9 Å². The van der Waals surface area contributed by atoms with Crippen LogP contribution in [0.3, 0.4) is 0 Å². The number of benzene rings is 2. The zero-order chi connectivity index (χ0) is 19.2. The minimum atomic E-state index is -0.559. The Morgan fingerprint density at radius 3 is 2.52 bits per heavy atom. The number of rotatable bonds is 7. The second-order valence-electron chi connectivity index (χ2n) is 5.74. The lowest BCUT2D eigenvalue weighted by atomic mass is 10.1. The molecule has 1 heterocycles. The summed E-state index contributed by atoms with van der Waals surface area (Å²) < 4.78 is 15.6. The molecule has 2 aromatic carbocycles. The number of carbonyl (C=O) groups excluding carboxylic acids is 2. The maximum atomic E-state index is 11.7. The van der Waals surface area contributed by atoms with Crippen molar-refractivity contribution in [2.24, 2.45) is 10.9 Å². The van der Waals surface area contributed by atoms with Gasteiger partial charge in [0.1, 0.15) is 6.61 Å². The van der Waals surface area contributed by atoms with E-state index in [1.165, 1.54) is 0 Å². The number of hydrogen-bond acceptors (Lipinski definition) is 7. The zero-order valence-electron chi connectivity index (χ0n) is 14.6. The van der Waals surface area contributed by atoms with Crippen LogP contribution >= 0.6 is 0 Å². The molecule has 1 amide bonds. The lowest BCUT2D eigenvalue weighted by Gasteiger charge is -2.06. The van der Waals surface area contributed by atoms with Crippen molar-refractivity contribution in [1.29, 1.82) is 0 Å². The van der Waals surface area contributed by atoms with E-state index in [0.29, 0.717) is 22.8 Å². The monoisotopic (exact) mass is 370 g/mol. The summed E-state index contributed by atoms with van der Waals surface area (Å²) in [7, 11) is 0. The predicted molar refractivity (Wildman–Crippen MR) is 95.5 cm³/mol. The standard InChI is InChI=1S/C19H18N2O6/c1-12(15-6-7-16-17(8-15)26-11-25-16)21-27-10-18(22)24-9-13-2-4-14(5-3-13)19(20)23/h2-8H,9-11H2,1H3,(H2,20,23)/b21-12+. The Hall–Kier alpha value is -3.55. The van der Waals surface area contributed by atoms with E-state index >= 15 is 0 Å². The number of nitrogens with zero attached hydrogens (tertiary/aromatic N) is 1. The zero-order valence-corrected chi connectivity index (χ0v) is 14.6. The fourth-order valence-electron chi connectivity index (χ4n) is 2.33. The molecule has 140 valence electrons. The molecular formula is C19H18N2O6. The molecule has 0 saturated carbocycles. The summed E-state index contributed by atoms with van der Waals surface area (Å²) in [6, 6.07) is 11.9. The van der Waals surface area contributed by atoms with Crippen LogP contribution in [-0.2, 0) is 21.0 Å². The fourth-order valence-corrected chi connectivity index (χ4v) is 2.33. The van der Waals surface area contributed by atoms with Gasteiger partial charge < -0.3 is 24.8 Å². The smallest absolute Gasteiger partial charge is 0.347 e. The molecule has 0 fully saturated rings. The quantitative estimate of drug-likeness (QED) is 0.453. The van der Waals surface area contributed by atoms with Crippen LogP contribution in [0.15, 0.2) is 47.6 Å². The number of hydrogen-bond donors (Lipinski definition) is 1. The Bertz CT molecular complexity index is 876. The average molecular weight is 370 g/mol. The van der Waals surface area contributed by atoms with Crippen LogP contribution in [0.4, 0.5) is 0 Å². The number of ether oxygens (including phenoxy) is 3. The topological polar surface area (TPSA) is 109 Å². The highest BCUT2D eigenvalue weighted by atomic mass is 16.7. The lowest BCUT2D eigenvalue weighted by Crippen LogP contribution is -2.12. The first-order chi connectivity index (χ1) is 13.0. The third-order valence-electron chi connectivity index (χ3n) is 3.81. The lowest BCUT2D eigenvalue weighted by molar-refractivity contribution is -0.150. The number of amides is 1. The number of oxime groups is 1. The van der Waals surface area contributed by atoms with E-state index in [4.69, 9.17) is 24.8 Å². The van der Waals surface area contributed by atoms with Crippen molar-refractivity contribution >= 4 is 17.6 Å². The fraction of sp³-hybridized carbons (Fsp3) is 0.211. The van der Waals surface area contributed by atoms with Gasteiger partial charge in [-0.25, -0.2) is 4.79 Å². The Morgan fingerprint density at radius 1 is 1.07 bits per heavy atom. The van der Waals surface area contributed by atoms with Crippen LogP contribution in [0.25, 0.3) is 0 Å². The molecule has 0 atom stereocenters. The molecule has 1 aliphatic rings. The van der Waals surface area contributed by atoms with Gasteiger partial charge in [0, 0.05) is 11.1 Å². The van der Waals surface area contributed by atoms with E-state index in [1.54, 1.807) is 43.3 Å². The molecule has 3 rings (SSSR count). The molecular weight excluding hydrogens is 352 g/mol. The van der Waals surface area contributed by atoms with Crippen molar-refractivity contribution in [2.45, 2.75) is 13.5 Å². The molecule has 8 nitrogen and oxygen atoms in total. The largest absolute Gasteiger partial charge is 0.458 e. The van der Waals surface area contributed by atoms with E-state index in [0.717, 1.165) is 11.1 Å². The van der Waals surface area contributed by atoms with Gasteiger partial charge in [-0.15, -0.1) is 0 Å². The first-order valence-electron chi connectivity index (χ1n) is 8.14. The Labute approximate surface area is 155 Å². The van der Waals surface area contributed by atoms with Crippen LogP contribution < -0.4 is 15.2 Å². The van der Waals surface area contributed by atoms with Gasteiger partial charge in [-0.1, -0.05) is 17.3 Å². The van der Waals surface area contributed by atoms with Crippen molar-refractivity contribution < 1.29 is 28.6 Å². The van der Waals surface area contributed by atoms with Crippen LogP contribution in [0, 0.1) is 0 Å². The van der Waals surface area contributed by atoms with Crippen molar-refractivity contribution in [1.82, 2.24) is 0 Å². The molecule has 0 radical (unpaired) electrons. The second kappa shape index (κ2) is 8.22. The molecule has 8 heteroatoms. The summed E-state index contributed by atoms with van der Waals surface area (Å²) >= 11 is 0. The molecule has 0 bridgehead atoms. The molecule has 0 saturated heterocycles. The minimum Gasteiger partial charge on any atom is -0.458 e. The van der Waals surface area contributed by atoms with Crippen molar-refractivity contribution in [3.05, 3.63) is 59.2 Å². The van der Waals surface area contributed by atoms with Crippen LogP contribution in [-0.4, -0.2) is 31.0 Å². The van der Waals surface area contributed by atoms with E-state index in [2.05, 4.69) is 5.16 Å². The summed E-state index contributed by atoms with van der Waals surface area (Å²) in [5, 5.41) is 3.91. The first-order valence-corrected chi connectivity index (χ1v) is 8.14. The summed E-state index contributed by atoms with van der Waals surface area (Å²) in [6.45, 7) is 1.69. The molecule has 0 spiro atoms. The first kappa shape index (κ1) is 18.2. The molecule has 0 aliphatic carbocycles. The van der Waals surface area contributed by atoms with Gasteiger partial charge >= 0.3 is 5.97 Å². The summed E-state index contributed by atoms with van der Waals surface area (Å²) in [5.74, 6) is 0.252. The SMILES string of the molecule is C/C(=N\OCC(=O)OCc1ccc(C(N)=O)cc1)c1ccc2c(c1)OCO2. The predicted octanol–water partition coefficient (Wildman–Crippen LogP) is 2.00. The van der Waals surface area contributed by atoms with Crippen molar-refractivity contribution in [3.63, 3.8) is 0 Å². The molecule has 0 unspecified atom stereocenters. The van der Waals surface area contributed by atoms with Gasteiger partial charge in [-0.05, 0) is 42.8 Å². The third-order valence-corrected chi connectivity index (χ3v) is 3.81. The molecule has 27 heavy (non-hydrogen) atoms. The minimum absolute atomic E-state index is 0.0616. The molecule has 0 aromatic heterocycles. The summed E-state index contributed by atoms with van der Waals surface area (Å²) in [4.78, 5) is 27.8. The Kier molecular flexibility index (Phi) is 5.55. The number of fused-ring (bicyclic) bond motifs is 1. The molecule has 2 aromatic rings. The van der Waals surface area contributed by atoms with Gasteiger partial charge in [0.25, 0.3) is 0 Å². The van der Waals surface area contributed by atoms with Gasteiger partial charge in [0.15, 0.2) is 11.5 Å². The van der Waals surface area contributed by atoms with Crippen molar-refractivity contribution in [2.75, 3.05) is 13.4 Å². The van der Waals surface area contributed by atoms with Crippen LogP contribution in [0.5, 0.6) is 11.5 Å². The maximum absolute atomic E-state index is 11.7. The van der Waals surface area contributed by atoms with Crippen LogP contribution in [0.1, 0.15) is 28.4 Å². The third kappa shape index (κ3) is 4.75. The van der Waals surface area contributed by atoms with Gasteiger partial charge in [0.05, 0.1) is 5.71 Å². The molecule has 2 N–H and O–H groups in total. The van der Waals surface area contributed by atoms with E-state index in [9.17, 15) is 9.59 Å². The Balaban J connectivity index is 1.46. The average Bonchev–Trinajstić information content (AvgIpc) is 3.14. The van der Waals surface area contributed by atoms with E-state index in [1.807, 2.05) is 6.07 Å². The van der Waals surface area contributed by atoms with Crippen molar-refractivity contribution in [3.8, 4) is 11.5 Å². The highest BCUT2D eigenvalue weighted by Crippen LogP contribution is 2.32. The number of esters is 1. The summed E-state index contributed by atoms with van der Waals surface area (Å²) in [5.41, 5.74) is 7.67. The summed E-state index contributed by atoms with van der Waals surface area (Å²) in [6.07, 6.45) is 0. The van der Waals surface area contributed by atoms with Gasteiger partial charge in [0.2, 0.25) is 19.3 Å². The molecule has 1 aliphatic heterocycles. The van der Waals surface area contributed by atoms with Crippen LogP contribution in [0.2, 0.25) is 0 Å². The number of carbonyl (C=O) groups is 2. The highest BCUT2D eigenvalue weighted by molar-refractivity contribution is 5.99. The maximum Gasteiger partial charge on any atom is 0.347 e. The second-order valence-corrected chi connectivity index (χ2v) is 5.74. The Morgan fingerprint density at radius 2 is 1.78 bits per heavy atom. The van der Waals surface area contributed by atoms with Gasteiger partial charge in [-0.3, -0.25) is 4.79 Å². The van der Waals surface area contributed by atoms with Gasteiger partial charge in [-0.2, -0.15) is 0 Å². The highest BCUT2D eigenvalue weighted by Gasteiger charge is 2.14. The normalized spacial score (nSPS) is 12.6. The number of nitrogens with two attached hydrogens (primary N) is 1. The number of primary amides is 1. The van der Waals surface area contributed by atoms with E-state index in [-0.39, 0.29) is 20.0 Å².